The van der Waals surface area contributed by atoms with Crippen LogP contribution in [0.1, 0.15) is 24.5 Å². The Bertz CT molecular complexity index is 1310. The Kier molecular flexibility index (Phi) is 5.57. The number of hydrogen-bond donors (Lipinski definition) is 2. The third-order valence-corrected chi connectivity index (χ3v) is 5.18. The molecule has 0 bridgehead atoms. The van der Waals surface area contributed by atoms with Crippen molar-refractivity contribution in [1.82, 2.24) is 29.5 Å². The summed E-state index contributed by atoms with van der Waals surface area (Å²) >= 11 is 0. The van der Waals surface area contributed by atoms with E-state index in [2.05, 4.69) is 20.3 Å². The molecule has 0 unspecified atom stereocenters. The van der Waals surface area contributed by atoms with Crippen LogP contribution in [-0.2, 0) is 12.8 Å². The van der Waals surface area contributed by atoms with E-state index in [1.165, 1.54) is 12.1 Å². The molecular formula is C24H22FN7. The number of halogens is 1. The van der Waals surface area contributed by atoms with Crippen molar-refractivity contribution in [2.75, 3.05) is 5.32 Å². The number of nitrogens with one attached hydrogen (secondary N) is 2. The molecule has 0 fully saturated rings. The number of fused-ring (bicyclic) bond motifs is 1. The largest absolute Gasteiger partial charge is 0.349 e. The number of para-hydroxylation sites is 1. The number of anilines is 2. The maximum Gasteiger partial charge on any atom is 0.170 e. The molecule has 8 heteroatoms. The Morgan fingerprint density at radius 2 is 1.81 bits per heavy atom. The molecule has 0 saturated heterocycles. The molecule has 0 aliphatic rings. The van der Waals surface area contributed by atoms with E-state index in [0.29, 0.717) is 34.9 Å². The second kappa shape index (κ2) is 8.97. The monoisotopic (exact) mass is 427 g/mol. The molecule has 5 rings (SSSR count). The van der Waals surface area contributed by atoms with Gasteiger partial charge in [0.25, 0.3) is 0 Å². The fraction of sp³-hybridized carbons (Fsp3) is 0.167. The van der Waals surface area contributed by atoms with Crippen LogP contribution in [0.15, 0.2) is 73.3 Å². The van der Waals surface area contributed by atoms with E-state index in [9.17, 15) is 4.39 Å². The topological polar surface area (TPSA) is 84.3 Å². The minimum Gasteiger partial charge on any atom is -0.349 e. The number of rotatable bonds is 8. The third kappa shape index (κ3) is 4.34. The summed E-state index contributed by atoms with van der Waals surface area (Å²) in [5.41, 5.74) is 2.93. The number of unbranched alkanes of at least 4 members (excludes halogenated alkanes) is 1. The lowest BCUT2D eigenvalue weighted by Crippen LogP contribution is -2.04. The quantitative estimate of drug-likeness (QED) is 0.341. The van der Waals surface area contributed by atoms with Crippen LogP contribution in [0.4, 0.5) is 15.9 Å². The molecule has 0 amide bonds. The SMILES string of the molecule is Fc1cccc(Nc2nc(CCCCc3ncc[nH]3)nc3c2ncn3-c2ccccc2)c1. The van der Waals surface area contributed by atoms with Crippen molar-refractivity contribution in [3.05, 3.63) is 90.8 Å². The first kappa shape index (κ1) is 19.9. The zero-order valence-corrected chi connectivity index (χ0v) is 17.4. The zero-order valence-electron chi connectivity index (χ0n) is 17.4. The van der Waals surface area contributed by atoms with Gasteiger partial charge in [-0.25, -0.2) is 24.3 Å². The minimum atomic E-state index is -0.312. The molecule has 0 saturated carbocycles. The van der Waals surface area contributed by atoms with Crippen LogP contribution < -0.4 is 5.32 Å². The van der Waals surface area contributed by atoms with Crippen molar-refractivity contribution in [3.63, 3.8) is 0 Å². The zero-order chi connectivity index (χ0) is 21.8. The number of imidazole rings is 2. The lowest BCUT2D eigenvalue weighted by Gasteiger charge is -2.10. The second-order valence-electron chi connectivity index (χ2n) is 7.49. The van der Waals surface area contributed by atoms with Gasteiger partial charge in [0.1, 0.15) is 23.8 Å². The van der Waals surface area contributed by atoms with Gasteiger partial charge in [0.15, 0.2) is 17.0 Å². The Hall–Kier alpha value is -4.07. The van der Waals surface area contributed by atoms with Gasteiger partial charge in [0.2, 0.25) is 0 Å². The van der Waals surface area contributed by atoms with Gasteiger partial charge in [-0.1, -0.05) is 24.3 Å². The third-order valence-electron chi connectivity index (χ3n) is 5.18. The average Bonchev–Trinajstić information content (AvgIpc) is 3.48. The van der Waals surface area contributed by atoms with Crippen molar-refractivity contribution < 1.29 is 4.39 Å². The van der Waals surface area contributed by atoms with Crippen molar-refractivity contribution in [1.29, 1.82) is 0 Å². The first-order chi connectivity index (χ1) is 15.8. The molecular weight excluding hydrogens is 405 g/mol. The molecule has 2 N–H and O–H groups in total. The van der Waals surface area contributed by atoms with E-state index in [1.54, 1.807) is 24.7 Å². The van der Waals surface area contributed by atoms with Crippen LogP contribution in [0, 0.1) is 5.82 Å². The number of hydrogen-bond acceptors (Lipinski definition) is 5. The van der Waals surface area contributed by atoms with Gasteiger partial charge < -0.3 is 10.3 Å². The van der Waals surface area contributed by atoms with E-state index < -0.39 is 0 Å². The van der Waals surface area contributed by atoms with Crippen LogP contribution in [0.2, 0.25) is 0 Å². The normalized spacial score (nSPS) is 11.2. The highest BCUT2D eigenvalue weighted by molar-refractivity contribution is 5.86. The maximum absolute atomic E-state index is 13.7. The van der Waals surface area contributed by atoms with Crippen LogP contribution in [0.3, 0.4) is 0 Å². The van der Waals surface area contributed by atoms with Crippen LogP contribution in [0.5, 0.6) is 0 Å². The first-order valence-electron chi connectivity index (χ1n) is 10.6. The van der Waals surface area contributed by atoms with Gasteiger partial charge in [-0.3, -0.25) is 4.57 Å². The van der Waals surface area contributed by atoms with Gasteiger partial charge in [-0.15, -0.1) is 0 Å². The molecule has 32 heavy (non-hydrogen) atoms. The predicted octanol–water partition coefficient (Wildman–Crippen LogP) is 4.99. The van der Waals surface area contributed by atoms with Crippen molar-refractivity contribution in [2.24, 2.45) is 0 Å². The lowest BCUT2D eigenvalue weighted by molar-refractivity contribution is 0.628. The molecule has 0 spiro atoms. The smallest absolute Gasteiger partial charge is 0.170 e. The molecule has 3 heterocycles. The minimum absolute atomic E-state index is 0.312. The number of aromatic nitrogens is 6. The van der Waals surface area contributed by atoms with Crippen molar-refractivity contribution >= 4 is 22.7 Å². The van der Waals surface area contributed by atoms with E-state index >= 15 is 0 Å². The van der Waals surface area contributed by atoms with Crippen molar-refractivity contribution in [3.8, 4) is 5.69 Å². The van der Waals surface area contributed by atoms with Gasteiger partial charge in [-0.2, -0.15) is 0 Å². The molecule has 3 aromatic heterocycles. The molecule has 0 atom stereocenters. The van der Waals surface area contributed by atoms with Crippen LogP contribution in [-0.4, -0.2) is 29.5 Å². The molecule has 5 aromatic rings. The molecule has 160 valence electrons. The van der Waals surface area contributed by atoms with Crippen molar-refractivity contribution in [2.45, 2.75) is 25.7 Å². The summed E-state index contributed by atoms with van der Waals surface area (Å²) in [5, 5.41) is 3.22. The first-order valence-corrected chi connectivity index (χ1v) is 10.6. The Morgan fingerprint density at radius 1 is 0.938 bits per heavy atom. The van der Waals surface area contributed by atoms with Gasteiger partial charge in [-0.05, 0) is 43.2 Å². The van der Waals surface area contributed by atoms with Gasteiger partial charge in [0.05, 0.1) is 0 Å². The second-order valence-corrected chi connectivity index (χ2v) is 7.49. The summed E-state index contributed by atoms with van der Waals surface area (Å²) in [6, 6.07) is 16.2. The van der Waals surface area contributed by atoms with Crippen LogP contribution in [0.25, 0.3) is 16.9 Å². The summed E-state index contributed by atoms with van der Waals surface area (Å²) in [6.07, 6.45) is 8.83. The van der Waals surface area contributed by atoms with Crippen LogP contribution >= 0.6 is 0 Å². The van der Waals surface area contributed by atoms with Gasteiger partial charge >= 0.3 is 0 Å². The number of benzene rings is 2. The molecule has 7 nitrogen and oxygen atoms in total. The number of nitrogens with zero attached hydrogens (tertiary/aromatic N) is 5. The number of aryl methyl sites for hydroxylation is 2. The summed E-state index contributed by atoms with van der Waals surface area (Å²) < 4.78 is 15.7. The lowest BCUT2D eigenvalue weighted by atomic mass is 10.2. The highest BCUT2D eigenvalue weighted by Gasteiger charge is 2.15. The highest BCUT2D eigenvalue weighted by atomic mass is 19.1. The maximum atomic E-state index is 13.7. The molecule has 2 aromatic carbocycles. The summed E-state index contributed by atoms with van der Waals surface area (Å²) in [5.74, 6) is 1.95. The Labute approximate surface area is 184 Å². The number of H-pyrrole nitrogens is 1. The molecule has 0 radical (unpaired) electrons. The van der Waals surface area contributed by atoms with E-state index in [4.69, 9.17) is 9.97 Å². The number of aromatic amines is 1. The van der Waals surface area contributed by atoms with E-state index in [1.807, 2.05) is 41.1 Å². The molecule has 0 aliphatic carbocycles. The Morgan fingerprint density at radius 3 is 2.62 bits per heavy atom. The highest BCUT2D eigenvalue weighted by Crippen LogP contribution is 2.25. The van der Waals surface area contributed by atoms with E-state index in [0.717, 1.165) is 30.8 Å². The Balaban J connectivity index is 1.46. The predicted molar refractivity (Wildman–Crippen MR) is 122 cm³/mol. The summed E-state index contributed by atoms with van der Waals surface area (Å²) in [4.78, 5) is 21.5. The summed E-state index contributed by atoms with van der Waals surface area (Å²) in [6.45, 7) is 0. The summed E-state index contributed by atoms with van der Waals surface area (Å²) in [7, 11) is 0. The standard InChI is InChI=1S/C24H22FN7/c25-17-7-6-8-18(15-17)29-23-22-24(32(16-28-22)19-9-2-1-3-10-19)31-21(30-23)12-5-4-11-20-26-13-14-27-20/h1-3,6-10,13-16H,4-5,11-12H2,(H,26,27)(H,29,30,31). The van der Waals surface area contributed by atoms with E-state index in [-0.39, 0.29) is 5.82 Å². The van der Waals surface area contributed by atoms with Gasteiger partial charge in [0, 0.05) is 36.6 Å². The fourth-order valence-electron chi connectivity index (χ4n) is 3.63. The average molecular weight is 427 g/mol. The molecule has 0 aliphatic heterocycles. The fourth-order valence-corrected chi connectivity index (χ4v) is 3.63.